The first kappa shape index (κ1) is 15.2. The van der Waals surface area contributed by atoms with E-state index in [1.165, 1.54) is 6.07 Å². The fourth-order valence-corrected chi connectivity index (χ4v) is 2.42. The molecule has 0 fully saturated rings. The van der Waals surface area contributed by atoms with E-state index in [9.17, 15) is 4.39 Å². The molecule has 0 aliphatic rings. The van der Waals surface area contributed by atoms with Gasteiger partial charge in [0.1, 0.15) is 5.82 Å². The summed E-state index contributed by atoms with van der Waals surface area (Å²) in [5, 5.41) is 3.25. The Morgan fingerprint density at radius 1 is 1.10 bits per heavy atom. The van der Waals surface area contributed by atoms with Crippen molar-refractivity contribution in [3.8, 4) is 0 Å². The molecule has 0 bridgehead atoms. The number of halogens is 2. The minimum Gasteiger partial charge on any atom is -0.380 e. The summed E-state index contributed by atoms with van der Waals surface area (Å²) in [6, 6.07) is 13.1. The van der Waals surface area contributed by atoms with Crippen LogP contribution in [0, 0.1) is 5.82 Å². The molecule has 0 saturated carbocycles. The van der Waals surface area contributed by atoms with Crippen LogP contribution in [0.5, 0.6) is 0 Å². The van der Waals surface area contributed by atoms with Crippen LogP contribution in [0.2, 0.25) is 0 Å². The Bertz CT molecular complexity index is 574. The van der Waals surface area contributed by atoms with Gasteiger partial charge < -0.3 is 10.1 Å². The Morgan fingerprint density at radius 2 is 1.90 bits per heavy atom. The van der Waals surface area contributed by atoms with Crippen molar-refractivity contribution >= 4 is 15.9 Å². The lowest BCUT2D eigenvalue weighted by molar-refractivity contribution is 0.185. The highest BCUT2D eigenvalue weighted by Gasteiger charge is 2.02. The topological polar surface area (TPSA) is 21.3 Å². The summed E-state index contributed by atoms with van der Waals surface area (Å²) in [5.41, 5.74) is 2.96. The molecule has 0 radical (unpaired) electrons. The summed E-state index contributed by atoms with van der Waals surface area (Å²) in [4.78, 5) is 0. The van der Waals surface area contributed by atoms with Crippen molar-refractivity contribution in [1.82, 2.24) is 5.32 Å². The van der Waals surface area contributed by atoms with Crippen molar-refractivity contribution in [2.45, 2.75) is 19.7 Å². The maximum atomic E-state index is 13.6. The Kier molecular flexibility index (Phi) is 5.71. The van der Waals surface area contributed by atoms with Crippen LogP contribution in [0.25, 0.3) is 0 Å². The van der Waals surface area contributed by atoms with Crippen molar-refractivity contribution in [2.75, 3.05) is 7.11 Å². The molecule has 0 aromatic heterocycles. The molecule has 0 aliphatic heterocycles. The largest absolute Gasteiger partial charge is 0.380 e. The van der Waals surface area contributed by atoms with Crippen LogP contribution in [0.1, 0.15) is 16.7 Å². The third-order valence-electron chi connectivity index (χ3n) is 2.95. The molecule has 0 aliphatic carbocycles. The number of hydrogen-bond donors (Lipinski definition) is 1. The molecule has 2 aromatic rings. The monoisotopic (exact) mass is 337 g/mol. The Hall–Kier alpha value is -1.23. The average molecular weight is 338 g/mol. The van der Waals surface area contributed by atoms with Crippen LogP contribution in [0.15, 0.2) is 46.9 Å². The highest BCUT2D eigenvalue weighted by atomic mass is 79.9. The third kappa shape index (κ3) is 4.40. The van der Waals surface area contributed by atoms with E-state index in [1.54, 1.807) is 19.2 Å². The first-order valence-electron chi connectivity index (χ1n) is 6.40. The molecule has 0 heterocycles. The number of methoxy groups -OCH3 is 1. The number of nitrogens with one attached hydrogen (secondary N) is 1. The second-order valence-electron chi connectivity index (χ2n) is 4.59. The second-order valence-corrected chi connectivity index (χ2v) is 5.51. The van der Waals surface area contributed by atoms with Crippen molar-refractivity contribution in [3.05, 3.63) is 69.4 Å². The van der Waals surface area contributed by atoms with Gasteiger partial charge >= 0.3 is 0 Å². The Morgan fingerprint density at radius 3 is 2.70 bits per heavy atom. The predicted molar refractivity (Wildman–Crippen MR) is 81.8 cm³/mol. The van der Waals surface area contributed by atoms with Crippen LogP contribution in [-0.4, -0.2) is 7.11 Å². The molecule has 0 amide bonds. The van der Waals surface area contributed by atoms with Gasteiger partial charge in [0.2, 0.25) is 0 Å². The molecular formula is C16H17BrFNO. The second kappa shape index (κ2) is 7.53. The van der Waals surface area contributed by atoms with Gasteiger partial charge in [-0.2, -0.15) is 0 Å². The van der Waals surface area contributed by atoms with Crippen molar-refractivity contribution in [2.24, 2.45) is 0 Å². The van der Waals surface area contributed by atoms with Crippen LogP contribution in [-0.2, 0) is 24.4 Å². The maximum absolute atomic E-state index is 13.6. The quantitative estimate of drug-likeness (QED) is 0.859. The van der Waals surface area contributed by atoms with Crippen LogP contribution < -0.4 is 5.32 Å². The molecule has 106 valence electrons. The zero-order chi connectivity index (χ0) is 14.4. The van der Waals surface area contributed by atoms with E-state index in [1.807, 2.05) is 18.2 Å². The first-order chi connectivity index (χ1) is 9.69. The van der Waals surface area contributed by atoms with Crippen molar-refractivity contribution < 1.29 is 9.13 Å². The van der Waals surface area contributed by atoms with Gasteiger partial charge in [-0.25, -0.2) is 4.39 Å². The number of benzene rings is 2. The standard InChI is InChI=1S/C16H17BrFNO/c1-20-11-13-4-2-3-12(7-13)9-19-10-14-8-15(17)5-6-16(14)18/h2-8,19H,9-11H2,1H3. The van der Waals surface area contributed by atoms with Crippen LogP contribution in [0.4, 0.5) is 4.39 Å². The molecule has 2 rings (SSSR count). The van der Waals surface area contributed by atoms with Crippen molar-refractivity contribution in [1.29, 1.82) is 0 Å². The van der Waals surface area contributed by atoms with E-state index in [-0.39, 0.29) is 5.82 Å². The summed E-state index contributed by atoms with van der Waals surface area (Å²) in [6.07, 6.45) is 0. The van der Waals surface area contributed by atoms with E-state index >= 15 is 0 Å². The van der Waals surface area contributed by atoms with Gasteiger partial charge in [0, 0.05) is 30.2 Å². The summed E-state index contributed by atoms with van der Waals surface area (Å²) >= 11 is 3.35. The highest BCUT2D eigenvalue weighted by Crippen LogP contribution is 2.15. The molecule has 0 spiro atoms. The number of hydrogen-bond acceptors (Lipinski definition) is 2. The van der Waals surface area contributed by atoms with E-state index in [0.717, 1.165) is 15.6 Å². The van der Waals surface area contributed by atoms with Gasteiger partial charge in [-0.15, -0.1) is 0 Å². The molecule has 0 saturated heterocycles. The molecule has 2 aromatic carbocycles. The summed E-state index contributed by atoms with van der Waals surface area (Å²) in [6.45, 7) is 1.80. The van der Waals surface area contributed by atoms with Gasteiger partial charge in [-0.3, -0.25) is 0 Å². The summed E-state index contributed by atoms with van der Waals surface area (Å²) < 4.78 is 19.6. The molecule has 0 atom stereocenters. The van der Waals surface area contributed by atoms with Gasteiger partial charge in [0.15, 0.2) is 0 Å². The van der Waals surface area contributed by atoms with Gasteiger partial charge in [0.25, 0.3) is 0 Å². The van der Waals surface area contributed by atoms with E-state index < -0.39 is 0 Å². The van der Waals surface area contributed by atoms with Gasteiger partial charge in [-0.05, 0) is 29.3 Å². The van der Waals surface area contributed by atoms with Gasteiger partial charge in [0.05, 0.1) is 6.61 Å². The van der Waals surface area contributed by atoms with E-state index in [2.05, 4.69) is 27.3 Å². The van der Waals surface area contributed by atoms with Crippen molar-refractivity contribution in [3.63, 3.8) is 0 Å². The predicted octanol–water partition coefficient (Wildman–Crippen LogP) is 4.02. The Balaban J connectivity index is 1.92. The SMILES string of the molecule is COCc1cccc(CNCc2cc(Br)ccc2F)c1. The highest BCUT2D eigenvalue weighted by molar-refractivity contribution is 9.10. The third-order valence-corrected chi connectivity index (χ3v) is 3.45. The first-order valence-corrected chi connectivity index (χ1v) is 7.20. The molecule has 4 heteroatoms. The van der Waals surface area contributed by atoms with E-state index in [4.69, 9.17) is 4.74 Å². The van der Waals surface area contributed by atoms with Gasteiger partial charge in [-0.1, -0.05) is 40.2 Å². The Labute approximate surface area is 127 Å². The number of ether oxygens (including phenoxy) is 1. The fourth-order valence-electron chi connectivity index (χ4n) is 2.02. The lowest BCUT2D eigenvalue weighted by atomic mass is 10.1. The molecule has 2 nitrogen and oxygen atoms in total. The molecule has 1 N–H and O–H groups in total. The summed E-state index contributed by atoms with van der Waals surface area (Å²) in [7, 11) is 1.68. The maximum Gasteiger partial charge on any atom is 0.127 e. The zero-order valence-corrected chi connectivity index (χ0v) is 12.9. The molecule has 0 unspecified atom stereocenters. The molecular weight excluding hydrogens is 321 g/mol. The number of rotatable bonds is 6. The van der Waals surface area contributed by atoms with Crippen LogP contribution in [0.3, 0.4) is 0 Å². The zero-order valence-electron chi connectivity index (χ0n) is 11.3. The average Bonchev–Trinajstić information content (AvgIpc) is 2.43. The lowest BCUT2D eigenvalue weighted by Gasteiger charge is -2.08. The lowest BCUT2D eigenvalue weighted by Crippen LogP contribution is -2.14. The van der Waals surface area contributed by atoms with Crippen LogP contribution >= 0.6 is 15.9 Å². The molecule has 20 heavy (non-hydrogen) atoms. The summed E-state index contributed by atoms with van der Waals surface area (Å²) in [5.74, 6) is -0.186. The smallest absolute Gasteiger partial charge is 0.127 e. The minimum atomic E-state index is -0.186. The minimum absolute atomic E-state index is 0.186. The fraction of sp³-hybridized carbons (Fsp3) is 0.250. The normalized spacial score (nSPS) is 10.8. The van der Waals surface area contributed by atoms with E-state index in [0.29, 0.717) is 25.3 Å².